The van der Waals surface area contributed by atoms with Crippen LogP contribution in [0.5, 0.6) is 0 Å². The molecule has 1 aliphatic carbocycles. The smallest absolute Gasteiger partial charge is 0.247 e. The van der Waals surface area contributed by atoms with Crippen LogP contribution in [-0.4, -0.2) is 49.5 Å². The van der Waals surface area contributed by atoms with Gasteiger partial charge in [0.2, 0.25) is 21.8 Å². The van der Waals surface area contributed by atoms with E-state index in [4.69, 9.17) is 0 Å². The summed E-state index contributed by atoms with van der Waals surface area (Å²) in [5.41, 5.74) is 0.450. The number of piperidine rings is 1. The van der Waals surface area contributed by atoms with Crippen LogP contribution < -0.4 is 10.0 Å². The van der Waals surface area contributed by atoms with E-state index in [9.17, 15) is 18.0 Å². The van der Waals surface area contributed by atoms with Crippen molar-refractivity contribution in [2.75, 3.05) is 18.4 Å². The van der Waals surface area contributed by atoms with Gasteiger partial charge in [-0.05, 0) is 49.8 Å². The number of nitrogens with one attached hydrogen (secondary N) is 2. The van der Waals surface area contributed by atoms with E-state index >= 15 is 0 Å². The Hall–Kier alpha value is -1.58. The first kappa shape index (κ1) is 20.7. The fraction of sp³-hybridized carbons (Fsp3) is 0.600. The van der Waals surface area contributed by atoms with Gasteiger partial charge in [-0.3, -0.25) is 9.59 Å². The van der Waals surface area contributed by atoms with Crippen molar-refractivity contribution in [3.8, 4) is 0 Å². The van der Waals surface area contributed by atoms with Crippen LogP contribution in [0.3, 0.4) is 0 Å². The number of likely N-dealkylation sites (tertiary alicyclic amines) is 1. The van der Waals surface area contributed by atoms with Gasteiger partial charge in [-0.1, -0.05) is 19.8 Å². The molecule has 1 aromatic rings. The van der Waals surface area contributed by atoms with Gasteiger partial charge in [-0.2, -0.15) is 0 Å². The van der Waals surface area contributed by atoms with Gasteiger partial charge in [0.1, 0.15) is 0 Å². The van der Waals surface area contributed by atoms with Crippen molar-refractivity contribution in [3.05, 3.63) is 18.2 Å². The quantitative estimate of drug-likeness (QED) is 0.706. The summed E-state index contributed by atoms with van der Waals surface area (Å²) in [6, 6.07) is 4.70. The van der Waals surface area contributed by atoms with E-state index in [1.807, 2.05) is 0 Å². The highest BCUT2D eigenvalue weighted by atomic mass is 32.2. The molecule has 0 unspecified atom stereocenters. The Morgan fingerprint density at radius 1 is 1.17 bits per heavy atom. The predicted octanol–water partition coefficient (Wildman–Crippen LogP) is 2.58. The van der Waals surface area contributed by atoms with E-state index in [0.717, 1.165) is 38.5 Å². The van der Waals surface area contributed by atoms with Gasteiger partial charge in [0, 0.05) is 24.0 Å². The topological polar surface area (TPSA) is 95.6 Å². The number of hydrogen-bond donors (Lipinski definition) is 2. The van der Waals surface area contributed by atoms with Crippen molar-refractivity contribution in [3.63, 3.8) is 0 Å². The minimum Gasteiger partial charge on any atom is -0.341 e. The van der Waals surface area contributed by atoms with Gasteiger partial charge < -0.3 is 10.2 Å². The molecule has 1 saturated heterocycles. The lowest BCUT2D eigenvalue weighted by Crippen LogP contribution is -2.47. The lowest BCUT2D eigenvalue weighted by Gasteiger charge is -2.33. The Labute approximate surface area is 176 Å². The second-order valence-electron chi connectivity index (χ2n) is 8.26. The SMILES string of the molecule is CC1CCN(C(=O)[C@H]2Sc3ccc(S(=O)(=O)NC4CCCC4)cc3NC2=O)CC1. The molecule has 9 heteroatoms. The maximum atomic E-state index is 12.8. The number of nitrogens with zero attached hydrogens (tertiary/aromatic N) is 1. The van der Waals surface area contributed by atoms with Crippen molar-refractivity contribution >= 4 is 39.3 Å². The summed E-state index contributed by atoms with van der Waals surface area (Å²) in [4.78, 5) is 28.1. The molecular formula is C20H27N3O4S2. The summed E-state index contributed by atoms with van der Waals surface area (Å²) in [5, 5.41) is 1.92. The summed E-state index contributed by atoms with van der Waals surface area (Å²) in [7, 11) is -3.63. The first-order chi connectivity index (χ1) is 13.8. The summed E-state index contributed by atoms with van der Waals surface area (Å²) in [6.07, 6.45) is 5.70. The first-order valence-corrected chi connectivity index (χ1v) is 12.6. The molecular weight excluding hydrogens is 410 g/mol. The van der Waals surface area contributed by atoms with E-state index in [1.54, 1.807) is 17.0 Å². The third-order valence-corrected chi connectivity index (χ3v) is 8.78. The van der Waals surface area contributed by atoms with Crippen LogP contribution in [0.2, 0.25) is 0 Å². The molecule has 2 fully saturated rings. The Balaban J connectivity index is 1.49. The minimum atomic E-state index is -3.63. The van der Waals surface area contributed by atoms with Gasteiger partial charge in [0.15, 0.2) is 5.25 Å². The molecule has 1 saturated carbocycles. The zero-order valence-electron chi connectivity index (χ0n) is 16.5. The van der Waals surface area contributed by atoms with Crippen LogP contribution >= 0.6 is 11.8 Å². The third-order valence-electron chi connectivity index (χ3n) is 6.00. The van der Waals surface area contributed by atoms with Crippen LogP contribution in [0.1, 0.15) is 45.4 Å². The number of anilines is 1. The summed E-state index contributed by atoms with van der Waals surface area (Å²) in [5.74, 6) is 0.0555. The third kappa shape index (κ3) is 4.46. The molecule has 0 bridgehead atoms. The predicted molar refractivity (Wildman–Crippen MR) is 112 cm³/mol. The number of carbonyl (C=O) groups excluding carboxylic acids is 2. The molecule has 3 aliphatic rings. The van der Waals surface area contributed by atoms with E-state index in [-0.39, 0.29) is 22.8 Å². The zero-order valence-corrected chi connectivity index (χ0v) is 18.2. The van der Waals surface area contributed by atoms with Gasteiger partial charge >= 0.3 is 0 Å². The van der Waals surface area contributed by atoms with E-state index in [0.29, 0.717) is 29.6 Å². The van der Waals surface area contributed by atoms with Gasteiger partial charge in [0.05, 0.1) is 10.6 Å². The number of amides is 2. The number of benzene rings is 1. The van der Waals surface area contributed by atoms with Crippen LogP contribution in [0, 0.1) is 5.92 Å². The first-order valence-electron chi connectivity index (χ1n) is 10.3. The van der Waals surface area contributed by atoms with Crippen molar-refractivity contribution in [2.45, 2.75) is 66.5 Å². The standard InChI is InChI=1S/C20H27N3O4S2/c1-13-8-10-23(11-9-13)20(25)18-19(24)21-16-12-15(6-7-17(16)28-18)29(26,27)22-14-4-2-3-5-14/h6-7,12-14,18,22H,2-5,8-11H2,1H3,(H,21,24)/t18-/m0/s1. The average molecular weight is 438 g/mol. The molecule has 1 aromatic carbocycles. The molecule has 0 aromatic heterocycles. The zero-order chi connectivity index (χ0) is 20.6. The normalized spacial score (nSPS) is 23.7. The fourth-order valence-electron chi connectivity index (χ4n) is 4.14. The Morgan fingerprint density at radius 3 is 2.55 bits per heavy atom. The van der Waals surface area contributed by atoms with E-state index in [2.05, 4.69) is 17.0 Å². The fourth-order valence-corrected chi connectivity index (χ4v) is 6.53. The summed E-state index contributed by atoms with van der Waals surface area (Å²) in [6.45, 7) is 3.54. The van der Waals surface area contributed by atoms with Crippen LogP contribution in [0.4, 0.5) is 5.69 Å². The second-order valence-corrected chi connectivity index (χ2v) is 11.1. The highest BCUT2D eigenvalue weighted by molar-refractivity contribution is 8.01. The molecule has 0 spiro atoms. The minimum absolute atomic E-state index is 0.0192. The van der Waals surface area contributed by atoms with Crippen LogP contribution in [-0.2, 0) is 19.6 Å². The van der Waals surface area contributed by atoms with Crippen molar-refractivity contribution in [2.24, 2.45) is 5.92 Å². The number of fused-ring (bicyclic) bond motifs is 1. The monoisotopic (exact) mass is 437 g/mol. The number of hydrogen-bond acceptors (Lipinski definition) is 5. The summed E-state index contributed by atoms with van der Waals surface area (Å²) >= 11 is 1.20. The Morgan fingerprint density at radius 2 is 1.86 bits per heavy atom. The van der Waals surface area contributed by atoms with E-state index in [1.165, 1.54) is 17.8 Å². The molecule has 2 aliphatic heterocycles. The molecule has 2 heterocycles. The Kier molecular flexibility index (Phi) is 5.90. The van der Waals surface area contributed by atoms with Crippen molar-refractivity contribution < 1.29 is 18.0 Å². The molecule has 29 heavy (non-hydrogen) atoms. The molecule has 0 radical (unpaired) electrons. The van der Waals surface area contributed by atoms with Crippen molar-refractivity contribution in [1.29, 1.82) is 0 Å². The maximum Gasteiger partial charge on any atom is 0.247 e. The lowest BCUT2D eigenvalue weighted by molar-refractivity contribution is -0.135. The highest BCUT2D eigenvalue weighted by Crippen LogP contribution is 2.38. The molecule has 7 nitrogen and oxygen atoms in total. The Bertz CT molecular complexity index is 904. The van der Waals surface area contributed by atoms with Crippen LogP contribution in [0.25, 0.3) is 0 Å². The molecule has 4 rings (SSSR count). The molecule has 1 atom stereocenters. The molecule has 2 amide bonds. The maximum absolute atomic E-state index is 12.8. The number of carbonyl (C=O) groups is 2. The van der Waals surface area contributed by atoms with Gasteiger partial charge in [0.25, 0.3) is 0 Å². The van der Waals surface area contributed by atoms with E-state index < -0.39 is 15.3 Å². The molecule has 2 N–H and O–H groups in total. The number of rotatable bonds is 4. The van der Waals surface area contributed by atoms with Gasteiger partial charge in [-0.15, -0.1) is 11.8 Å². The van der Waals surface area contributed by atoms with Crippen molar-refractivity contribution in [1.82, 2.24) is 9.62 Å². The van der Waals surface area contributed by atoms with Gasteiger partial charge in [-0.25, -0.2) is 13.1 Å². The average Bonchev–Trinajstić information content (AvgIpc) is 3.19. The molecule has 158 valence electrons. The largest absolute Gasteiger partial charge is 0.341 e. The number of thioether (sulfide) groups is 1. The highest BCUT2D eigenvalue weighted by Gasteiger charge is 2.37. The number of sulfonamides is 1. The second kappa shape index (κ2) is 8.28. The van der Waals surface area contributed by atoms with Crippen LogP contribution in [0.15, 0.2) is 28.0 Å². The lowest BCUT2D eigenvalue weighted by atomic mass is 9.99. The summed E-state index contributed by atoms with van der Waals surface area (Å²) < 4.78 is 28.1.